The topological polar surface area (TPSA) is 45.1 Å². The van der Waals surface area contributed by atoms with E-state index in [9.17, 15) is 5.11 Å². The summed E-state index contributed by atoms with van der Waals surface area (Å²) in [6, 6.07) is 7.35. The SMILES string of the molecule is Cc1ccc(O)c(CNc2c(Br)cc(Br)cc2Br)n1. The first-order valence-corrected chi connectivity index (χ1v) is 7.89. The summed E-state index contributed by atoms with van der Waals surface area (Å²) in [5, 5.41) is 13.0. The molecule has 1 aromatic heterocycles. The molecule has 0 saturated carbocycles. The molecule has 1 aromatic carbocycles. The fourth-order valence-electron chi connectivity index (χ4n) is 1.62. The summed E-state index contributed by atoms with van der Waals surface area (Å²) < 4.78 is 2.84. The molecule has 0 saturated heterocycles. The highest BCUT2D eigenvalue weighted by molar-refractivity contribution is 9.11. The molecule has 0 aliphatic heterocycles. The molecule has 19 heavy (non-hydrogen) atoms. The van der Waals surface area contributed by atoms with E-state index in [1.807, 2.05) is 19.1 Å². The van der Waals surface area contributed by atoms with Crippen LogP contribution in [0.3, 0.4) is 0 Å². The van der Waals surface area contributed by atoms with Crippen LogP contribution in [-0.4, -0.2) is 10.1 Å². The molecule has 0 aliphatic carbocycles. The zero-order valence-electron chi connectivity index (χ0n) is 10.0. The van der Waals surface area contributed by atoms with E-state index in [-0.39, 0.29) is 5.75 Å². The molecule has 0 unspecified atom stereocenters. The first-order valence-electron chi connectivity index (χ1n) is 5.51. The van der Waals surface area contributed by atoms with Crippen LogP contribution in [0.4, 0.5) is 5.69 Å². The third kappa shape index (κ3) is 3.70. The van der Waals surface area contributed by atoms with Crippen LogP contribution < -0.4 is 5.32 Å². The van der Waals surface area contributed by atoms with Crippen LogP contribution in [-0.2, 0) is 6.54 Å². The Balaban J connectivity index is 2.21. The maximum absolute atomic E-state index is 9.76. The van der Waals surface area contributed by atoms with Crippen molar-refractivity contribution in [3.63, 3.8) is 0 Å². The van der Waals surface area contributed by atoms with Crippen LogP contribution in [0.5, 0.6) is 5.75 Å². The quantitative estimate of drug-likeness (QED) is 0.692. The van der Waals surface area contributed by atoms with Crippen molar-refractivity contribution in [2.75, 3.05) is 5.32 Å². The summed E-state index contributed by atoms with van der Waals surface area (Å²) in [6.07, 6.45) is 0. The molecular weight excluding hydrogens is 440 g/mol. The largest absolute Gasteiger partial charge is 0.506 e. The van der Waals surface area contributed by atoms with E-state index in [1.165, 1.54) is 0 Å². The van der Waals surface area contributed by atoms with Crippen molar-refractivity contribution >= 4 is 53.5 Å². The smallest absolute Gasteiger partial charge is 0.138 e. The van der Waals surface area contributed by atoms with Gasteiger partial charge in [-0.25, -0.2) is 0 Å². The van der Waals surface area contributed by atoms with Crippen molar-refractivity contribution in [2.45, 2.75) is 13.5 Å². The number of rotatable bonds is 3. The minimum absolute atomic E-state index is 0.197. The lowest BCUT2D eigenvalue weighted by Crippen LogP contribution is -2.04. The van der Waals surface area contributed by atoms with E-state index in [2.05, 4.69) is 58.1 Å². The molecule has 0 amide bonds. The van der Waals surface area contributed by atoms with Gasteiger partial charge in [0.15, 0.2) is 0 Å². The Bertz CT molecular complexity index is 594. The summed E-state index contributed by atoms with van der Waals surface area (Å²) >= 11 is 10.4. The van der Waals surface area contributed by atoms with Crippen molar-refractivity contribution in [2.24, 2.45) is 0 Å². The Labute approximate surface area is 136 Å². The van der Waals surface area contributed by atoms with Crippen molar-refractivity contribution in [3.8, 4) is 5.75 Å². The molecule has 0 atom stereocenters. The number of benzene rings is 1. The van der Waals surface area contributed by atoms with Crippen LogP contribution in [0.1, 0.15) is 11.4 Å². The lowest BCUT2D eigenvalue weighted by atomic mass is 10.2. The number of nitrogens with one attached hydrogen (secondary N) is 1. The maximum atomic E-state index is 9.76. The van der Waals surface area contributed by atoms with Gasteiger partial charge in [0.1, 0.15) is 11.4 Å². The number of aromatic hydroxyl groups is 1. The number of hydrogen-bond acceptors (Lipinski definition) is 3. The minimum atomic E-state index is 0.197. The van der Waals surface area contributed by atoms with Crippen molar-refractivity contribution in [1.29, 1.82) is 0 Å². The Morgan fingerprint density at radius 3 is 2.42 bits per heavy atom. The van der Waals surface area contributed by atoms with E-state index in [0.29, 0.717) is 12.2 Å². The second kappa shape index (κ2) is 6.24. The second-order valence-electron chi connectivity index (χ2n) is 4.02. The second-order valence-corrected chi connectivity index (χ2v) is 6.64. The fourth-order valence-corrected chi connectivity index (χ4v) is 4.16. The first kappa shape index (κ1) is 14.8. The highest BCUT2D eigenvalue weighted by Crippen LogP contribution is 2.34. The fraction of sp³-hybridized carbons (Fsp3) is 0.154. The summed E-state index contributed by atoms with van der Waals surface area (Å²) in [7, 11) is 0. The van der Waals surface area contributed by atoms with E-state index in [1.54, 1.807) is 12.1 Å². The Kier molecular flexibility index (Phi) is 4.86. The van der Waals surface area contributed by atoms with Crippen LogP contribution in [0.2, 0.25) is 0 Å². The van der Waals surface area contributed by atoms with Crippen LogP contribution in [0, 0.1) is 6.92 Å². The molecule has 3 nitrogen and oxygen atoms in total. The predicted octanol–water partition coefficient (Wildman–Crippen LogP) is 5.00. The zero-order chi connectivity index (χ0) is 14.0. The van der Waals surface area contributed by atoms with Crippen LogP contribution in [0.15, 0.2) is 37.7 Å². The third-order valence-corrected chi connectivity index (χ3v) is 4.24. The van der Waals surface area contributed by atoms with Gasteiger partial charge in [-0.2, -0.15) is 0 Å². The molecule has 2 N–H and O–H groups in total. The average Bonchev–Trinajstić information content (AvgIpc) is 2.32. The monoisotopic (exact) mass is 448 g/mol. The summed E-state index contributed by atoms with van der Waals surface area (Å²) in [5.74, 6) is 0.197. The van der Waals surface area contributed by atoms with Gasteiger partial charge in [0.2, 0.25) is 0 Å². The van der Waals surface area contributed by atoms with E-state index >= 15 is 0 Å². The van der Waals surface area contributed by atoms with Gasteiger partial charge < -0.3 is 10.4 Å². The number of anilines is 1. The number of nitrogens with zero attached hydrogens (tertiary/aromatic N) is 1. The average molecular weight is 451 g/mol. The molecule has 0 fully saturated rings. The van der Waals surface area contributed by atoms with Gasteiger partial charge in [-0.15, -0.1) is 0 Å². The van der Waals surface area contributed by atoms with Gasteiger partial charge in [-0.3, -0.25) is 4.98 Å². The van der Waals surface area contributed by atoms with Crippen molar-refractivity contribution < 1.29 is 5.11 Å². The molecule has 0 bridgehead atoms. The molecule has 2 rings (SSSR count). The first-order chi connectivity index (χ1) is 8.97. The number of hydrogen-bond donors (Lipinski definition) is 2. The third-order valence-electron chi connectivity index (χ3n) is 2.53. The molecule has 2 aromatic rings. The maximum Gasteiger partial charge on any atom is 0.138 e. The molecule has 0 radical (unpaired) electrons. The summed E-state index contributed by atoms with van der Waals surface area (Å²) in [6.45, 7) is 2.35. The van der Waals surface area contributed by atoms with Gasteiger partial charge in [0, 0.05) is 19.1 Å². The normalized spacial score (nSPS) is 10.5. The van der Waals surface area contributed by atoms with E-state index in [4.69, 9.17) is 0 Å². The molecule has 1 heterocycles. The number of pyridine rings is 1. The van der Waals surface area contributed by atoms with Crippen LogP contribution in [0.25, 0.3) is 0 Å². The highest BCUT2D eigenvalue weighted by atomic mass is 79.9. The standard InChI is InChI=1S/C13H11Br3N2O/c1-7-2-3-12(19)11(18-7)6-17-13-9(15)4-8(14)5-10(13)16/h2-5,17,19H,6H2,1H3. The van der Waals surface area contributed by atoms with Gasteiger partial charge in [0.25, 0.3) is 0 Å². The zero-order valence-corrected chi connectivity index (χ0v) is 14.8. The predicted molar refractivity (Wildman–Crippen MR) is 87.5 cm³/mol. The highest BCUT2D eigenvalue weighted by Gasteiger charge is 2.09. The molecule has 0 spiro atoms. The van der Waals surface area contributed by atoms with Gasteiger partial charge in [0.05, 0.1) is 12.2 Å². The van der Waals surface area contributed by atoms with Gasteiger partial charge in [-0.05, 0) is 63.0 Å². The summed E-state index contributed by atoms with van der Waals surface area (Å²) in [4.78, 5) is 4.31. The number of aromatic nitrogens is 1. The van der Waals surface area contributed by atoms with Crippen molar-refractivity contribution in [3.05, 3.63) is 49.1 Å². The minimum Gasteiger partial charge on any atom is -0.506 e. The Morgan fingerprint density at radius 2 is 1.79 bits per heavy atom. The van der Waals surface area contributed by atoms with Gasteiger partial charge in [-0.1, -0.05) is 15.9 Å². The molecular formula is C13H11Br3N2O. The van der Waals surface area contributed by atoms with Crippen molar-refractivity contribution in [1.82, 2.24) is 4.98 Å². The van der Waals surface area contributed by atoms with Gasteiger partial charge >= 0.3 is 0 Å². The lowest BCUT2D eigenvalue weighted by molar-refractivity contribution is 0.464. The number of aryl methyl sites for hydroxylation is 1. The van der Waals surface area contributed by atoms with E-state index < -0.39 is 0 Å². The molecule has 100 valence electrons. The molecule has 0 aliphatic rings. The Hall–Kier alpha value is -0.590. The van der Waals surface area contributed by atoms with E-state index in [0.717, 1.165) is 24.8 Å². The van der Waals surface area contributed by atoms with Crippen LogP contribution >= 0.6 is 47.8 Å². The Morgan fingerprint density at radius 1 is 1.16 bits per heavy atom. The molecule has 6 heteroatoms. The summed E-state index contributed by atoms with van der Waals surface area (Å²) in [5.41, 5.74) is 2.43. The lowest BCUT2D eigenvalue weighted by Gasteiger charge is -2.12. The number of halogens is 3.